The van der Waals surface area contributed by atoms with Gasteiger partial charge in [0.2, 0.25) is 11.6 Å². The summed E-state index contributed by atoms with van der Waals surface area (Å²) in [6.07, 6.45) is 0.585. The Morgan fingerprint density at radius 3 is 2.42 bits per heavy atom. The lowest BCUT2D eigenvalue weighted by Gasteiger charge is -2.13. The molecule has 0 amide bonds. The minimum absolute atomic E-state index is 0.296. The Kier molecular flexibility index (Phi) is 4.12. The second-order valence-corrected chi connectivity index (χ2v) is 3.81. The molecule has 0 bridgehead atoms. The number of rotatable bonds is 6. The van der Waals surface area contributed by atoms with Crippen molar-refractivity contribution < 1.29 is 18.7 Å². The van der Waals surface area contributed by atoms with E-state index in [4.69, 9.17) is 24.5 Å². The molecule has 0 fully saturated rings. The number of aromatic nitrogens is 1. The van der Waals surface area contributed by atoms with Gasteiger partial charge in [0.1, 0.15) is 0 Å². The molecule has 2 rings (SSSR count). The number of benzene rings is 1. The first-order chi connectivity index (χ1) is 9.24. The van der Waals surface area contributed by atoms with Crippen LogP contribution in [0, 0.1) is 0 Å². The van der Waals surface area contributed by atoms with E-state index in [0.717, 1.165) is 5.69 Å². The first-order valence-electron chi connectivity index (χ1n) is 5.79. The van der Waals surface area contributed by atoms with Crippen molar-refractivity contribution in [3.63, 3.8) is 0 Å². The van der Waals surface area contributed by atoms with Gasteiger partial charge in [0, 0.05) is 12.5 Å². The van der Waals surface area contributed by atoms with Crippen LogP contribution in [-0.2, 0) is 6.42 Å². The SMILES string of the molecule is COc1cccc(OC)c1OCCc1cc(N)on1. The molecule has 0 saturated heterocycles. The Balaban J connectivity index is 2.02. The third kappa shape index (κ3) is 3.09. The smallest absolute Gasteiger partial charge is 0.222 e. The lowest BCUT2D eigenvalue weighted by atomic mass is 10.3. The van der Waals surface area contributed by atoms with Crippen molar-refractivity contribution >= 4 is 5.88 Å². The van der Waals surface area contributed by atoms with Crippen molar-refractivity contribution in [2.45, 2.75) is 6.42 Å². The van der Waals surface area contributed by atoms with Gasteiger partial charge in [-0.05, 0) is 12.1 Å². The van der Waals surface area contributed by atoms with Crippen LogP contribution in [0.1, 0.15) is 5.69 Å². The van der Waals surface area contributed by atoms with Gasteiger partial charge < -0.3 is 24.5 Å². The van der Waals surface area contributed by atoms with Crippen molar-refractivity contribution in [1.29, 1.82) is 0 Å². The molecule has 0 saturated carbocycles. The number of hydrogen-bond acceptors (Lipinski definition) is 6. The molecule has 19 heavy (non-hydrogen) atoms. The summed E-state index contributed by atoms with van der Waals surface area (Å²) in [7, 11) is 3.17. The zero-order chi connectivity index (χ0) is 13.7. The topological polar surface area (TPSA) is 79.7 Å². The molecule has 0 aliphatic heterocycles. The van der Waals surface area contributed by atoms with E-state index in [1.165, 1.54) is 0 Å². The molecule has 0 aliphatic rings. The van der Waals surface area contributed by atoms with Gasteiger partial charge in [0.15, 0.2) is 11.5 Å². The van der Waals surface area contributed by atoms with Crippen molar-refractivity contribution in [3.05, 3.63) is 30.0 Å². The molecule has 0 atom stereocenters. The highest BCUT2D eigenvalue weighted by atomic mass is 16.5. The summed E-state index contributed by atoms with van der Waals surface area (Å²) in [6.45, 7) is 0.419. The molecule has 1 heterocycles. The van der Waals surface area contributed by atoms with E-state index in [0.29, 0.717) is 36.2 Å². The van der Waals surface area contributed by atoms with Gasteiger partial charge in [-0.3, -0.25) is 0 Å². The quantitative estimate of drug-likeness (QED) is 0.858. The van der Waals surface area contributed by atoms with E-state index in [2.05, 4.69) is 5.16 Å². The highest BCUT2D eigenvalue weighted by Gasteiger charge is 2.11. The van der Waals surface area contributed by atoms with E-state index < -0.39 is 0 Å². The summed E-state index contributed by atoms with van der Waals surface area (Å²) in [5.41, 5.74) is 6.18. The number of hydrogen-bond donors (Lipinski definition) is 1. The molecule has 2 N–H and O–H groups in total. The number of para-hydroxylation sites is 1. The fraction of sp³-hybridized carbons (Fsp3) is 0.308. The molecule has 6 heteroatoms. The molecular weight excluding hydrogens is 248 g/mol. The number of nitrogens with zero attached hydrogens (tertiary/aromatic N) is 1. The van der Waals surface area contributed by atoms with Crippen molar-refractivity contribution in [2.24, 2.45) is 0 Å². The number of nitrogen functional groups attached to an aromatic ring is 1. The Morgan fingerprint density at radius 2 is 1.89 bits per heavy atom. The summed E-state index contributed by atoms with van der Waals surface area (Å²) < 4.78 is 20.9. The fourth-order valence-corrected chi connectivity index (χ4v) is 1.66. The first kappa shape index (κ1) is 13.1. The molecule has 6 nitrogen and oxygen atoms in total. The van der Waals surface area contributed by atoms with Crippen LogP contribution in [0.15, 0.2) is 28.8 Å². The van der Waals surface area contributed by atoms with Gasteiger partial charge >= 0.3 is 0 Å². The molecule has 0 spiro atoms. The third-order valence-corrected chi connectivity index (χ3v) is 2.56. The number of nitrogens with two attached hydrogens (primary N) is 1. The predicted octanol–water partition coefficient (Wildman–Crippen LogP) is 1.90. The van der Waals surface area contributed by atoms with Gasteiger partial charge in [-0.2, -0.15) is 0 Å². The van der Waals surface area contributed by atoms with Crippen LogP contribution in [0.4, 0.5) is 5.88 Å². The molecule has 2 aromatic rings. The van der Waals surface area contributed by atoms with Crippen LogP contribution >= 0.6 is 0 Å². The van der Waals surface area contributed by atoms with E-state index in [1.807, 2.05) is 18.2 Å². The highest BCUT2D eigenvalue weighted by molar-refractivity contribution is 5.51. The number of ether oxygens (including phenoxy) is 3. The predicted molar refractivity (Wildman–Crippen MR) is 69.7 cm³/mol. The third-order valence-electron chi connectivity index (χ3n) is 2.56. The van der Waals surface area contributed by atoms with Crippen molar-refractivity contribution in [2.75, 3.05) is 26.6 Å². The van der Waals surface area contributed by atoms with E-state index in [1.54, 1.807) is 20.3 Å². The maximum atomic E-state index is 5.69. The van der Waals surface area contributed by atoms with Crippen molar-refractivity contribution in [3.8, 4) is 17.2 Å². The Bertz CT molecular complexity index is 517. The minimum Gasteiger partial charge on any atom is -0.493 e. The summed E-state index contributed by atoms with van der Waals surface area (Å²) in [5, 5.41) is 3.79. The van der Waals surface area contributed by atoms with Crippen LogP contribution < -0.4 is 19.9 Å². The van der Waals surface area contributed by atoms with Crippen LogP contribution in [0.3, 0.4) is 0 Å². The average Bonchev–Trinajstić information content (AvgIpc) is 2.84. The fourth-order valence-electron chi connectivity index (χ4n) is 1.66. The van der Waals surface area contributed by atoms with Gasteiger partial charge in [0.05, 0.1) is 26.5 Å². The summed E-state index contributed by atoms with van der Waals surface area (Å²) in [4.78, 5) is 0. The normalized spacial score (nSPS) is 10.2. The molecule has 0 aliphatic carbocycles. The number of anilines is 1. The molecule has 1 aromatic carbocycles. The monoisotopic (exact) mass is 264 g/mol. The van der Waals surface area contributed by atoms with Crippen LogP contribution in [0.5, 0.6) is 17.2 Å². The van der Waals surface area contributed by atoms with Gasteiger partial charge in [-0.1, -0.05) is 11.2 Å². The zero-order valence-corrected chi connectivity index (χ0v) is 10.9. The lowest BCUT2D eigenvalue weighted by Crippen LogP contribution is -2.04. The molecule has 0 radical (unpaired) electrons. The molecule has 102 valence electrons. The Labute approximate surface area is 111 Å². The molecule has 1 aromatic heterocycles. The number of methoxy groups -OCH3 is 2. The van der Waals surface area contributed by atoms with Gasteiger partial charge in [-0.15, -0.1) is 0 Å². The second kappa shape index (κ2) is 5.99. The Morgan fingerprint density at radius 1 is 1.21 bits per heavy atom. The zero-order valence-electron chi connectivity index (χ0n) is 10.9. The minimum atomic E-state index is 0.296. The second-order valence-electron chi connectivity index (χ2n) is 3.81. The van der Waals surface area contributed by atoms with Gasteiger partial charge in [-0.25, -0.2) is 0 Å². The summed E-state index contributed by atoms with van der Waals surface area (Å²) >= 11 is 0. The highest BCUT2D eigenvalue weighted by Crippen LogP contribution is 2.36. The Hall–Kier alpha value is -2.37. The van der Waals surface area contributed by atoms with E-state index >= 15 is 0 Å². The summed E-state index contributed by atoms with van der Waals surface area (Å²) in [5.74, 6) is 2.12. The summed E-state index contributed by atoms with van der Waals surface area (Å²) in [6, 6.07) is 7.13. The molecular formula is C13H16N2O4. The first-order valence-corrected chi connectivity index (χ1v) is 5.79. The van der Waals surface area contributed by atoms with Crippen molar-refractivity contribution in [1.82, 2.24) is 5.16 Å². The van der Waals surface area contributed by atoms with Crippen LogP contribution in [0.25, 0.3) is 0 Å². The van der Waals surface area contributed by atoms with Gasteiger partial charge in [0.25, 0.3) is 0 Å². The standard InChI is InChI=1S/C13H16N2O4/c1-16-10-4-3-5-11(17-2)13(10)18-7-6-9-8-12(14)19-15-9/h3-5,8H,6-7,14H2,1-2H3. The molecule has 0 unspecified atom stereocenters. The van der Waals surface area contributed by atoms with E-state index in [-0.39, 0.29) is 0 Å². The maximum absolute atomic E-state index is 5.69. The average molecular weight is 264 g/mol. The lowest BCUT2D eigenvalue weighted by molar-refractivity contribution is 0.275. The largest absolute Gasteiger partial charge is 0.493 e. The van der Waals surface area contributed by atoms with Crippen LogP contribution in [0.2, 0.25) is 0 Å². The van der Waals surface area contributed by atoms with Crippen LogP contribution in [-0.4, -0.2) is 26.0 Å². The van der Waals surface area contributed by atoms with E-state index in [9.17, 15) is 0 Å². The maximum Gasteiger partial charge on any atom is 0.222 e.